The molecule has 4 atom stereocenters. The molecule has 0 radical (unpaired) electrons. The van der Waals surface area contributed by atoms with Crippen LogP contribution in [-0.4, -0.2) is 51.0 Å². The van der Waals surface area contributed by atoms with Crippen molar-refractivity contribution >= 4 is 17.6 Å². The zero-order valence-corrected chi connectivity index (χ0v) is 12.8. The highest BCUT2D eigenvalue weighted by atomic mass is 16.6. The molecule has 1 saturated heterocycles. The van der Waals surface area contributed by atoms with Crippen LogP contribution >= 0.6 is 0 Å². The average molecular weight is 308 g/mol. The number of aliphatic hydroxyl groups is 1. The van der Waals surface area contributed by atoms with Crippen LogP contribution in [0.3, 0.4) is 0 Å². The first-order valence-electron chi connectivity index (χ1n) is 7.53. The second-order valence-electron chi connectivity index (χ2n) is 6.46. The minimum atomic E-state index is -1.13. The van der Waals surface area contributed by atoms with Crippen molar-refractivity contribution in [3.63, 3.8) is 0 Å². The molecular formula is C15H20N2O5. The van der Waals surface area contributed by atoms with Crippen LogP contribution in [0, 0.1) is 11.8 Å². The maximum absolute atomic E-state index is 12.1. The van der Waals surface area contributed by atoms with Crippen molar-refractivity contribution < 1.29 is 24.6 Å². The number of aliphatic hydroxyl groups excluding tert-OH is 1. The molecule has 0 aromatic heterocycles. The number of fused-ring (bicyclic) bond motifs is 1. The van der Waals surface area contributed by atoms with Gasteiger partial charge < -0.3 is 20.0 Å². The predicted molar refractivity (Wildman–Crippen MR) is 76.8 cm³/mol. The number of hydrogen-bond acceptors (Lipinski definition) is 5. The summed E-state index contributed by atoms with van der Waals surface area (Å²) in [6, 6.07) is -0.278. The lowest BCUT2D eigenvalue weighted by Crippen LogP contribution is -2.61. The number of carbonyl (C=O) groups excluding carboxylic acids is 1. The number of nitrogens with zero attached hydrogens (tertiary/aromatic N) is 2. The summed E-state index contributed by atoms with van der Waals surface area (Å²) in [4.78, 5) is 30.4. The summed E-state index contributed by atoms with van der Waals surface area (Å²) in [6.45, 7) is 5.57. The van der Waals surface area contributed by atoms with E-state index in [4.69, 9.17) is 4.84 Å². The molecular weight excluding hydrogens is 288 g/mol. The van der Waals surface area contributed by atoms with Gasteiger partial charge in [-0.1, -0.05) is 19.0 Å². The number of rotatable bonds is 4. The first-order chi connectivity index (χ1) is 10.3. The van der Waals surface area contributed by atoms with Crippen LogP contribution in [0.4, 0.5) is 0 Å². The zero-order valence-electron chi connectivity index (χ0n) is 12.8. The van der Waals surface area contributed by atoms with E-state index in [2.05, 4.69) is 5.16 Å². The third-order valence-electron chi connectivity index (χ3n) is 4.71. The van der Waals surface area contributed by atoms with Gasteiger partial charge in [-0.25, -0.2) is 4.79 Å². The van der Waals surface area contributed by atoms with E-state index >= 15 is 0 Å². The summed E-state index contributed by atoms with van der Waals surface area (Å²) in [5.41, 5.74) is 1.51. The van der Waals surface area contributed by atoms with Gasteiger partial charge in [-0.15, -0.1) is 0 Å². The van der Waals surface area contributed by atoms with Gasteiger partial charge in [0.05, 0.1) is 23.8 Å². The number of oxime groups is 1. The third kappa shape index (κ3) is 2.03. The Balaban J connectivity index is 1.86. The fourth-order valence-corrected chi connectivity index (χ4v) is 3.51. The number of aliphatic carboxylic acids is 1. The van der Waals surface area contributed by atoms with E-state index in [0.29, 0.717) is 18.4 Å². The lowest BCUT2D eigenvalue weighted by atomic mass is 9.82. The number of hydrogen-bond donors (Lipinski definition) is 2. The van der Waals surface area contributed by atoms with Crippen LogP contribution in [0.25, 0.3) is 0 Å². The Hall–Kier alpha value is -1.89. The molecule has 0 aliphatic carbocycles. The van der Waals surface area contributed by atoms with E-state index in [1.165, 1.54) is 4.90 Å². The quantitative estimate of drug-likeness (QED) is 0.746. The van der Waals surface area contributed by atoms with Crippen LogP contribution in [0.5, 0.6) is 0 Å². The zero-order chi connectivity index (χ0) is 16.2. The summed E-state index contributed by atoms with van der Waals surface area (Å²) in [6.07, 6.45) is -0.224. The Labute approximate surface area is 128 Å². The van der Waals surface area contributed by atoms with E-state index in [1.807, 2.05) is 13.8 Å². The fourth-order valence-electron chi connectivity index (χ4n) is 3.51. The van der Waals surface area contributed by atoms with Gasteiger partial charge in [0.2, 0.25) is 5.91 Å². The van der Waals surface area contributed by atoms with E-state index in [-0.39, 0.29) is 23.6 Å². The summed E-state index contributed by atoms with van der Waals surface area (Å²) >= 11 is 0. The maximum atomic E-state index is 12.1. The van der Waals surface area contributed by atoms with Crippen molar-refractivity contribution in [3.05, 3.63) is 11.3 Å². The largest absolute Gasteiger partial charge is 0.477 e. The summed E-state index contributed by atoms with van der Waals surface area (Å²) < 4.78 is 0. The monoisotopic (exact) mass is 308 g/mol. The topological polar surface area (TPSA) is 99.4 Å². The Morgan fingerprint density at radius 2 is 2.05 bits per heavy atom. The highest BCUT2D eigenvalue weighted by molar-refractivity contribution is 6.00. The van der Waals surface area contributed by atoms with Gasteiger partial charge in [-0.2, -0.15) is 0 Å². The average Bonchev–Trinajstić information content (AvgIpc) is 2.99. The molecule has 3 aliphatic heterocycles. The second-order valence-corrected chi connectivity index (χ2v) is 6.46. The molecule has 1 amide bonds. The van der Waals surface area contributed by atoms with Crippen molar-refractivity contribution in [2.75, 3.05) is 0 Å². The van der Waals surface area contributed by atoms with Gasteiger partial charge >= 0.3 is 5.97 Å². The molecule has 2 N–H and O–H groups in total. The van der Waals surface area contributed by atoms with Crippen LogP contribution < -0.4 is 0 Å². The molecule has 0 bridgehead atoms. The highest BCUT2D eigenvalue weighted by Crippen LogP contribution is 2.46. The molecule has 7 heteroatoms. The van der Waals surface area contributed by atoms with E-state index in [9.17, 15) is 19.8 Å². The number of amides is 1. The normalized spacial score (nSPS) is 31.9. The minimum Gasteiger partial charge on any atom is -0.477 e. The van der Waals surface area contributed by atoms with E-state index in [1.54, 1.807) is 6.92 Å². The molecule has 0 spiro atoms. The summed E-state index contributed by atoms with van der Waals surface area (Å²) in [5.74, 6) is -1.74. The Morgan fingerprint density at radius 3 is 2.55 bits per heavy atom. The molecule has 0 aromatic carbocycles. The molecule has 3 heterocycles. The molecule has 120 valence electrons. The Morgan fingerprint density at radius 1 is 1.36 bits per heavy atom. The molecule has 0 saturated carbocycles. The predicted octanol–water partition coefficient (Wildman–Crippen LogP) is 0.737. The third-order valence-corrected chi connectivity index (χ3v) is 4.71. The van der Waals surface area contributed by atoms with Crippen molar-refractivity contribution in [2.45, 2.75) is 51.9 Å². The van der Waals surface area contributed by atoms with Crippen molar-refractivity contribution in [1.82, 2.24) is 4.90 Å². The van der Waals surface area contributed by atoms with Gasteiger partial charge in [0, 0.05) is 12.0 Å². The smallest absolute Gasteiger partial charge is 0.352 e. The van der Waals surface area contributed by atoms with Crippen molar-refractivity contribution in [3.8, 4) is 0 Å². The van der Waals surface area contributed by atoms with Gasteiger partial charge in [-0.3, -0.25) is 4.79 Å². The summed E-state index contributed by atoms with van der Waals surface area (Å²) in [5, 5.41) is 23.2. The van der Waals surface area contributed by atoms with E-state index in [0.717, 1.165) is 5.71 Å². The minimum absolute atomic E-state index is 0.0112. The first kappa shape index (κ1) is 15.0. The van der Waals surface area contributed by atoms with Crippen LogP contribution in [-0.2, 0) is 14.4 Å². The van der Waals surface area contributed by atoms with E-state index < -0.39 is 24.1 Å². The molecule has 3 rings (SSSR count). The van der Waals surface area contributed by atoms with Crippen LogP contribution in [0.2, 0.25) is 0 Å². The lowest BCUT2D eigenvalue weighted by molar-refractivity contribution is -0.161. The van der Waals surface area contributed by atoms with Crippen molar-refractivity contribution in [1.29, 1.82) is 0 Å². The molecule has 3 aliphatic rings. The number of β-lactam (4-membered cyclic amide) rings is 1. The molecule has 0 aromatic rings. The fraction of sp³-hybridized carbons (Fsp3) is 0.667. The standard InChI is InChI=1S/C15H20N2O5/c1-6(2)9-5-11(22-16-9)8-4-10-12(7(3)18)14(19)17(10)13(8)15(20)21/h6-7,10-12,18H,4-5H2,1-3H3,(H,20,21)/t7-,10-,11-,12-/m1/s1. The van der Waals surface area contributed by atoms with Crippen LogP contribution in [0.1, 0.15) is 33.6 Å². The molecule has 7 nitrogen and oxygen atoms in total. The van der Waals surface area contributed by atoms with Crippen molar-refractivity contribution in [2.24, 2.45) is 17.0 Å². The molecule has 1 fully saturated rings. The van der Waals surface area contributed by atoms with Crippen LogP contribution in [0.15, 0.2) is 16.4 Å². The Bertz CT molecular complexity index is 593. The summed E-state index contributed by atoms with van der Waals surface area (Å²) in [7, 11) is 0. The Kier molecular flexibility index (Phi) is 3.47. The maximum Gasteiger partial charge on any atom is 0.352 e. The first-order valence-corrected chi connectivity index (χ1v) is 7.53. The number of carboxylic acid groups (broad SMARTS) is 1. The second kappa shape index (κ2) is 5.08. The van der Waals surface area contributed by atoms with Gasteiger partial charge in [0.15, 0.2) is 6.10 Å². The lowest BCUT2D eigenvalue weighted by Gasteiger charge is -2.44. The van der Waals surface area contributed by atoms with Gasteiger partial charge in [0.1, 0.15) is 5.70 Å². The van der Waals surface area contributed by atoms with Gasteiger partial charge in [-0.05, 0) is 19.3 Å². The van der Waals surface area contributed by atoms with Gasteiger partial charge in [0.25, 0.3) is 0 Å². The molecule has 22 heavy (non-hydrogen) atoms. The number of carbonyl (C=O) groups is 2. The number of carboxylic acids is 1. The highest BCUT2D eigenvalue weighted by Gasteiger charge is 2.58. The SMILES string of the molecule is CC(C)C1=NO[C@@H](C2=C(C(=O)O)N3C(=O)[C@H]([C@@H](C)O)[C@H]3C2)C1. The molecule has 0 unspecified atom stereocenters.